The van der Waals surface area contributed by atoms with Crippen molar-refractivity contribution in [2.45, 2.75) is 23.8 Å². The Morgan fingerprint density at radius 1 is 1.50 bits per heavy atom. The number of thioether (sulfide) groups is 1. The Morgan fingerprint density at radius 2 is 2.31 bits per heavy atom. The molecule has 0 amide bonds. The van der Waals surface area contributed by atoms with Crippen LogP contribution in [-0.4, -0.2) is 32.1 Å². The molecule has 88 valence electrons. The van der Waals surface area contributed by atoms with E-state index in [-0.39, 0.29) is 0 Å². The van der Waals surface area contributed by atoms with Crippen molar-refractivity contribution in [1.29, 1.82) is 0 Å². The molecule has 2 atom stereocenters. The van der Waals surface area contributed by atoms with E-state index < -0.39 is 0 Å². The van der Waals surface area contributed by atoms with Gasteiger partial charge in [0, 0.05) is 29.7 Å². The van der Waals surface area contributed by atoms with Gasteiger partial charge < -0.3 is 10.1 Å². The lowest BCUT2D eigenvalue weighted by Gasteiger charge is -2.23. The summed E-state index contributed by atoms with van der Waals surface area (Å²) in [6, 6.07) is 9.15. The number of likely N-dealkylation sites (N-methyl/N-ethyl adjacent to an activating group) is 1. The van der Waals surface area contributed by atoms with E-state index in [2.05, 4.69) is 36.5 Å². The van der Waals surface area contributed by atoms with Crippen molar-refractivity contribution in [3.63, 3.8) is 0 Å². The SMILES string of the molecule is CCNC(COC)C1CSc2ccccc21. The summed E-state index contributed by atoms with van der Waals surface area (Å²) in [6.45, 7) is 3.93. The number of ether oxygens (including phenoxy) is 1. The van der Waals surface area contributed by atoms with Crippen molar-refractivity contribution in [3.05, 3.63) is 29.8 Å². The van der Waals surface area contributed by atoms with Gasteiger partial charge in [-0.3, -0.25) is 0 Å². The molecule has 0 aliphatic carbocycles. The van der Waals surface area contributed by atoms with Crippen LogP contribution in [0.5, 0.6) is 0 Å². The third-order valence-electron chi connectivity index (χ3n) is 3.04. The lowest BCUT2D eigenvalue weighted by Crippen LogP contribution is -2.38. The summed E-state index contributed by atoms with van der Waals surface area (Å²) in [7, 11) is 1.78. The van der Waals surface area contributed by atoms with E-state index >= 15 is 0 Å². The summed E-state index contributed by atoms with van der Waals surface area (Å²) < 4.78 is 5.31. The first kappa shape index (κ1) is 12.0. The molecule has 2 unspecified atom stereocenters. The topological polar surface area (TPSA) is 21.3 Å². The first-order chi connectivity index (χ1) is 7.86. The first-order valence-electron chi connectivity index (χ1n) is 5.80. The molecule has 0 radical (unpaired) electrons. The molecule has 0 spiro atoms. The van der Waals surface area contributed by atoms with Crippen molar-refractivity contribution < 1.29 is 4.74 Å². The molecule has 2 rings (SSSR count). The van der Waals surface area contributed by atoms with Crippen molar-refractivity contribution in [1.82, 2.24) is 5.32 Å². The normalized spacial score (nSPS) is 20.8. The zero-order chi connectivity index (χ0) is 11.4. The summed E-state index contributed by atoms with van der Waals surface area (Å²) in [5.74, 6) is 1.75. The van der Waals surface area contributed by atoms with Crippen LogP contribution in [0.4, 0.5) is 0 Å². The molecule has 1 N–H and O–H groups in total. The Labute approximate surface area is 102 Å². The fraction of sp³-hybridized carbons (Fsp3) is 0.538. The van der Waals surface area contributed by atoms with Crippen molar-refractivity contribution in [2.75, 3.05) is 26.0 Å². The number of hydrogen-bond acceptors (Lipinski definition) is 3. The summed E-state index contributed by atoms with van der Waals surface area (Å²) in [5.41, 5.74) is 1.48. The fourth-order valence-electron chi connectivity index (χ4n) is 2.28. The molecular formula is C13H19NOS. The van der Waals surface area contributed by atoms with Crippen LogP contribution in [0.3, 0.4) is 0 Å². The van der Waals surface area contributed by atoms with Crippen LogP contribution in [0.15, 0.2) is 29.2 Å². The van der Waals surface area contributed by atoms with E-state index in [0.717, 1.165) is 13.2 Å². The number of benzene rings is 1. The van der Waals surface area contributed by atoms with Gasteiger partial charge in [0.2, 0.25) is 0 Å². The van der Waals surface area contributed by atoms with Gasteiger partial charge in [-0.25, -0.2) is 0 Å². The van der Waals surface area contributed by atoms with Crippen LogP contribution in [0.2, 0.25) is 0 Å². The van der Waals surface area contributed by atoms with E-state index in [1.807, 2.05) is 11.8 Å². The van der Waals surface area contributed by atoms with Gasteiger partial charge in [0.15, 0.2) is 0 Å². The molecule has 1 aliphatic rings. The molecule has 0 aromatic heterocycles. The maximum absolute atomic E-state index is 5.31. The lowest BCUT2D eigenvalue weighted by atomic mass is 9.94. The van der Waals surface area contributed by atoms with Crippen molar-refractivity contribution in [3.8, 4) is 0 Å². The van der Waals surface area contributed by atoms with E-state index in [1.54, 1.807) is 7.11 Å². The van der Waals surface area contributed by atoms with Gasteiger partial charge in [-0.1, -0.05) is 25.1 Å². The summed E-state index contributed by atoms with van der Waals surface area (Å²) in [6.07, 6.45) is 0. The summed E-state index contributed by atoms with van der Waals surface area (Å²) in [4.78, 5) is 1.44. The minimum atomic E-state index is 0.436. The van der Waals surface area contributed by atoms with Gasteiger partial charge in [0.25, 0.3) is 0 Å². The molecule has 1 aliphatic heterocycles. The highest BCUT2D eigenvalue weighted by atomic mass is 32.2. The molecule has 1 aromatic carbocycles. The average Bonchev–Trinajstić information content (AvgIpc) is 2.72. The molecule has 0 saturated heterocycles. The molecule has 3 heteroatoms. The standard InChI is InChI=1S/C13H19NOS/c1-3-14-12(8-15-2)11-9-16-13-7-5-4-6-10(11)13/h4-7,11-12,14H,3,8-9H2,1-2H3. The second kappa shape index (κ2) is 5.71. The second-order valence-corrected chi connectivity index (χ2v) is 5.14. The number of fused-ring (bicyclic) bond motifs is 1. The zero-order valence-electron chi connectivity index (χ0n) is 9.90. The Kier molecular flexibility index (Phi) is 4.27. The summed E-state index contributed by atoms with van der Waals surface area (Å²) in [5, 5.41) is 3.53. The Hall–Kier alpha value is -0.510. The Morgan fingerprint density at radius 3 is 3.06 bits per heavy atom. The van der Waals surface area contributed by atoms with Gasteiger partial charge in [0.05, 0.1) is 6.61 Å². The quantitative estimate of drug-likeness (QED) is 0.850. The monoisotopic (exact) mass is 237 g/mol. The molecular weight excluding hydrogens is 218 g/mol. The number of nitrogens with one attached hydrogen (secondary N) is 1. The zero-order valence-corrected chi connectivity index (χ0v) is 10.7. The smallest absolute Gasteiger partial charge is 0.0622 e. The Balaban J connectivity index is 2.15. The molecule has 0 saturated carbocycles. The van der Waals surface area contributed by atoms with Gasteiger partial charge in [-0.2, -0.15) is 0 Å². The van der Waals surface area contributed by atoms with Crippen LogP contribution in [0, 0.1) is 0 Å². The number of hydrogen-bond donors (Lipinski definition) is 1. The lowest BCUT2D eigenvalue weighted by molar-refractivity contribution is 0.158. The highest BCUT2D eigenvalue weighted by molar-refractivity contribution is 7.99. The minimum Gasteiger partial charge on any atom is -0.383 e. The van der Waals surface area contributed by atoms with E-state index in [1.165, 1.54) is 16.2 Å². The predicted molar refractivity (Wildman–Crippen MR) is 69.2 cm³/mol. The Bertz CT molecular complexity index is 336. The fourth-order valence-corrected chi connectivity index (χ4v) is 3.61. The van der Waals surface area contributed by atoms with Crippen LogP contribution in [-0.2, 0) is 4.74 Å². The second-order valence-electron chi connectivity index (χ2n) is 4.07. The predicted octanol–water partition coefficient (Wildman–Crippen LogP) is 2.50. The highest BCUT2D eigenvalue weighted by Gasteiger charge is 2.29. The highest BCUT2D eigenvalue weighted by Crippen LogP contribution is 2.40. The molecule has 1 aromatic rings. The molecule has 2 nitrogen and oxygen atoms in total. The van der Waals surface area contributed by atoms with Crippen LogP contribution in [0.1, 0.15) is 18.4 Å². The number of rotatable bonds is 5. The van der Waals surface area contributed by atoms with Gasteiger partial charge in [0.1, 0.15) is 0 Å². The third-order valence-corrected chi connectivity index (χ3v) is 4.24. The van der Waals surface area contributed by atoms with E-state index in [9.17, 15) is 0 Å². The van der Waals surface area contributed by atoms with E-state index in [4.69, 9.17) is 4.74 Å². The molecule has 0 fully saturated rings. The molecule has 0 bridgehead atoms. The van der Waals surface area contributed by atoms with Crippen molar-refractivity contribution >= 4 is 11.8 Å². The minimum absolute atomic E-state index is 0.436. The number of methoxy groups -OCH3 is 1. The first-order valence-corrected chi connectivity index (χ1v) is 6.79. The van der Waals surface area contributed by atoms with Gasteiger partial charge >= 0.3 is 0 Å². The van der Waals surface area contributed by atoms with Crippen molar-refractivity contribution in [2.24, 2.45) is 0 Å². The van der Waals surface area contributed by atoms with Crippen LogP contribution < -0.4 is 5.32 Å². The molecule has 16 heavy (non-hydrogen) atoms. The van der Waals surface area contributed by atoms with E-state index in [0.29, 0.717) is 12.0 Å². The van der Waals surface area contributed by atoms with Gasteiger partial charge in [-0.15, -0.1) is 11.8 Å². The summed E-state index contributed by atoms with van der Waals surface area (Å²) >= 11 is 1.96. The average molecular weight is 237 g/mol. The maximum Gasteiger partial charge on any atom is 0.0622 e. The van der Waals surface area contributed by atoms with Crippen LogP contribution in [0.25, 0.3) is 0 Å². The largest absolute Gasteiger partial charge is 0.383 e. The maximum atomic E-state index is 5.31. The molecule has 1 heterocycles. The van der Waals surface area contributed by atoms with Gasteiger partial charge in [-0.05, 0) is 18.2 Å². The third kappa shape index (κ3) is 2.42. The van der Waals surface area contributed by atoms with Crippen LogP contribution >= 0.6 is 11.8 Å².